The number of anilines is 1. The topological polar surface area (TPSA) is 101 Å². The first-order chi connectivity index (χ1) is 19.7. The number of fused-ring (bicyclic) bond motifs is 1. The number of hydrogen-bond acceptors (Lipinski definition) is 7. The third kappa shape index (κ3) is 4.99. The predicted molar refractivity (Wildman–Crippen MR) is 156 cm³/mol. The van der Waals surface area contributed by atoms with Crippen molar-refractivity contribution in [2.24, 2.45) is 0 Å². The number of carbonyl (C=O) groups excluding carboxylic acids is 2. The van der Waals surface area contributed by atoms with E-state index in [4.69, 9.17) is 16.6 Å². The monoisotopic (exact) mass is 574 g/mol. The number of aldehydes is 1. The Morgan fingerprint density at radius 3 is 2.61 bits per heavy atom. The van der Waals surface area contributed by atoms with Gasteiger partial charge in [-0.1, -0.05) is 44.2 Å². The average Bonchev–Trinajstić information content (AvgIpc) is 2.96. The summed E-state index contributed by atoms with van der Waals surface area (Å²) in [5, 5.41) is 0.593. The van der Waals surface area contributed by atoms with Gasteiger partial charge in [-0.15, -0.1) is 0 Å². The Kier molecular flexibility index (Phi) is 7.68. The zero-order valence-corrected chi connectivity index (χ0v) is 23.6. The van der Waals surface area contributed by atoms with Crippen molar-refractivity contribution in [2.45, 2.75) is 32.7 Å². The highest BCUT2D eigenvalue weighted by Crippen LogP contribution is 2.36. The van der Waals surface area contributed by atoms with Crippen molar-refractivity contribution in [1.82, 2.24) is 24.4 Å². The lowest BCUT2D eigenvalue weighted by Crippen LogP contribution is -2.54. The van der Waals surface area contributed by atoms with Gasteiger partial charge in [-0.2, -0.15) is 4.98 Å². The van der Waals surface area contributed by atoms with Crippen molar-refractivity contribution >= 4 is 40.6 Å². The van der Waals surface area contributed by atoms with Crippen LogP contribution in [0.25, 0.3) is 28.0 Å². The molecule has 1 aliphatic heterocycles. The summed E-state index contributed by atoms with van der Waals surface area (Å²) >= 11 is 6.72. The lowest BCUT2D eigenvalue weighted by atomic mass is 10.0. The molecule has 0 aliphatic carbocycles. The average molecular weight is 575 g/mol. The molecule has 4 aromatic rings. The second-order valence-corrected chi connectivity index (χ2v) is 10.6. The highest BCUT2D eigenvalue weighted by atomic mass is 35.5. The lowest BCUT2D eigenvalue weighted by molar-refractivity contribution is -0.126. The number of aromatic nitrogens is 4. The Morgan fingerprint density at radius 2 is 1.95 bits per heavy atom. The van der Waals surface area contributed by atoms with Gasteiger partial charge in [0.25, 0.3) is 0 Å². The molecule has 1 amide bonds. The first kappa shape index (κ1) is 28.1. The van der Waals surface area contributed by atoms with Crippen molar-refractivity contribution in [2.75, 3.05) is 24.5 Å². The summed E-state index contributed by atoms with van der Waals surface area (Å²) in [5.74, 6) is -0.529. The maximum atomic E-state index is 14.9. The van der Waals surface area contributed by atoms with E-state index in [1.807, 2.05) is 25.7 Å². The second-order valence-electron chi connectivity index (χ2n) is 10.2. The van der Waals surface area contributed by atoms with Gasteiger partial charge in [-0.3, -0.25) is 14.6 Å². The molecule has 3 aromatic heterocycles. The number of amides is 1. The standard InChI is InChI=1S/C30H28ClFN6O3/c1-5-24(40)36-12-13-37(18(4)15-36)28-21-14-22(31)26(20-8-6-7-9-23(20)32)34-29(21)38(30(41)35-28)27-19(16-39)10-11-33-25(27)17(2)3/h5-11,14,16-18H,1,12-13,15H2,2-4H3/t18-/m0/s1. The Bertz CT molecular complexity index is 1750. The van der Waals surface area contributed by atoms with Gasteiger partial charge in [0.1, 0.15) is 11.6 Å². The van der Waals surface area contributed by atoms with E-state index in [0.29, 0.717) is 42.8 Å². The normalized spacial score (nSPS) is 15.4. The van der Waals surface area contributed by atoms with Gasteiger partial charge in [0.15, 0.2) is 11.9 Å². The molecule has 1 aromatic carbocycles. The molecule has 1 atom stereocenters. The molecule has 0 unspecified atom stereocenters. The van der Waals surface area contributed by atoms with E-state index in [1.54, 1.807) is 29.2 Å². The molecule has 0 saturated carbocycles. The maximum Gasteiger partial charge on any atom is 0.355 e. The summed E-state index contributed by atoms with van der Waals surface area (Å²) in [6.07, 6.45) is 3.44. The van der Waals surface area contributed by atoms with E-state index in [1.165, 1.54) is 29.0 Å². The van der Waals surface area contributed by atoms with E-state index in [9.17, 15) is 18.8 Å². The molecule has 1 aliphatic rings. The quantitative estimate of drug-likeness (QED) is 0.241. The molecule has 0 N–H and O–H groups in total. The van der Waals surface area contributed by atoms with Crippen molar-refractivity contribution in [3.63, 3.8) is 0 Å². The first-order valence-electron chi connectivity index (χ1n) is 13.2. The molecule has 9 nitrogen and oxygen atoms in total. The number of nitrogens with zero attached hydrogens (tertiary/aromatic N) is 6. The van der Waals surface area contributed by atoms with Crippen LogP contribution < -0.4 is 10.6 Å². The molecular formula is C30H28ClFN6O3. The zero-order chi connectivity index (χ0) is 29.4. The highest BCUT2D eigenvalue weighted by Gasteiger charge is 2.30. The smallest absolute Gasteiger partial charge is 0.350 e. The third-order valence-corrected chi connectivity index (χ3v) is 7.49. The van der Waals surface area contributed by atoms with E-state index < -0.39 is 11.5 Å². The SMILES string of the molecule is C=CC(=O)N1CCN(c2nc(=O)n(-c3c(C=O)ccnc3C(C)C)c3nc(-c4ccccc4F)c(Cl)cc23)[C@@H](C)C1. The Balaban J connectivity index is 1.83. The largest absolute Gasteiger partial charge is 0.355 e. The Labute approximate surface area is 240 Å². The van der Waals surface area contributed by atoms with Gasteiger partial charge >= 0.3 is 5.69 Å². The fraction of sp³-hybridized carbons (Fsp3) is 0.267. The number of pyridine rings is 2. The Morgan fingerprint density at radius 1 is 1.20 bits per heavy atom. The van der Waals surface area contributed by atoms with Gasteiger partial charge in [-0.05, 0) is 43.2 Å². The summed E-state index contributed by atoms with van der Waals surface area (Å²) in [4.78, 5) is 55.6. The Hall–Kier alpha value is -4.44. The van der Waals surface area contributed by atoms with Crippen molar-refractivity contribution in [3.8, 4) is 16.9 Å². The minimum Gasteiger partial charge on any atom is -0.350 e. The number of carbonyl (C=O) groups is 2. The lowest BCUT2D eigenvalue weighted by Gasteiger charge is -2.40. The molecule has 5 rings (SSSR count). The highest BCUT2D eigenvalue weighted by molar-refractivity contribution is 6.33. The summed E-state index contributed by atoms with van der Waals surface area (Å²) in [5.41, 5.74) is 0.758. The van der Waals surface area contributed by atoms with Crippen LogP contribution in [0.4, 0.5) is 10.2 Å². The molecule has 41 heavy (non-hydrogen) atoms. The van der Waals surface area contributed by atoms with Gasteiger partial charge in [0, 0.05) is 43.0 Å². The van der Waals surface area contributed by atoms with Crippen molar-refractivity contribution in [1.29, 1.82) is 0 Å². The molecule has 11 heteroatoms. The summed E-state index contributed by atoms with van der Waals surface area (Å²) in [7, 11) is 0. The fourth-order valence-corrected chi connectivity index (χ4v) is 5.47. The fourth-order valence-electron chi connectivity index (χ4n) is 5.22. The number of rotatable bonds is 6. The zero-order valence-electron chi connectivity index (χ0n) is 22.8. The minimum absolute atomic E-state index is 0.139. The molecule has 0 radical (unpaired) electrons. The van der Waals surface area contributed by atoms with E-state index >= 15 is 0 Å². The van der Waals surface area contributed by atoms with Crippen molar-refractivity contribution < 1.29 is 14.0 Å². The third-order valence-electron chi connectivity index (χ3n) is 7.20. The van der Waals surface area contributed by atoms with Gasteiger partial charge < -0.3 is 9.80 Å². The second kappa shape index (κ2) is 11.2. The maximum absolute atomic E-state index is 14.9. The van der Waals surface area contributed by atoms with E-state index in [-0.39, 0.29) is 51.0 Å². The van der Waals surface area contributed by atoms with Crippen LogP contribution in [0, 0.1) is 5.82 Å². The minimum atomic E-state index is -0.684. The number of halogens is 2. The van der Waals surface area contributed by atoms with Gasteiger partial charge in [-0.25, -0.2) is 18.7 Å². The molecule has 4 heterocycles. The first-order valence-corrected chi connectivity index (χ1v) is 13.5. The summed E-state index contributed by atoms with van der Waals surface area (Å²) in [6.45, 7) is 10.5. The molecule has 0 spiro atoms. The molecule has 210 valence electrons. The number of hydrogen-bond donors (Lipinski definition) is 0. The molecular weight excluding hydrogens is 547 g/mol. The van der Waals surface area contributed by atoms with Crippen LogP contribution in [-0.2, 0) is 4.79 Å². The van der Waals surface area contributed by atoms with Crippen molar-refractivity contribution in [3.05, 3.63) is 87.8 Å². The van der Waals surface area contributed by atoms with Gasteiger partial charge in [0.05, 0.1) is 27.5 Å². The van der Waals surface area contributed by atoms with Crippen LogP contribution in [-0.4, -0.2) is 62.3 Å². The van der Waals surface area contributed by atoms with Crippen LogP contribution >= 0.6 is 11.6 Å². The molecule has 1 saturated heterocycles. The number of benzene rings is 1. The van der Waals surface area contributed by atoms with E-state index in [2.05, 4.69) is 16.5 Å². The number of piperazine rings is 1. The van der Waals surface area contributed by atoms with Crippen LogP contribution in [0.5, 0.6) is 0 Å². The predicted octanol–water partition coefficient (Wildman–Crippen LogP) is 4.79. The van der Waals surface area contributed by atoms with Crippen LogP contribution in [0.1, 0.15) is 42.7 Å². The van der Waals surface area contributed by atoms with Crippen LogP contribution in [0.2, 0.25) is 5.02 Å². The van der Waals surface area contributed by atoms with Crippen LogP contribution in [0.15, 0.2) is 60.0 Å². The molecule has 1 fully saturated rings. The summed E-state index contributed by atoms with van der Waals surface area (Å²) < 4.78 is 16.2. The van der Waals surface area contributed by atoms with E-state index in [0.717, 1.165) is 0 Å². The molecule has 0 bridgehead atoms. The van der Waals surface area contributed by atoms with Gasteiger partial charge in [0.2, 0.25) is 5.91 Å². The summed E-state index contributed by atoms with van der Waals surface area (Å²) in [6, 6.07) is 9.01. The van der Waals surface area contributed by atoms with Crippen LogP contribution in [0.3, 0.4) is 0 Å².